The molecule has 0 amide bonds. The zero-order valence-corrected chi connectivity index (χ0v) is 22.7. The third kappa shape index (κ3) is 5.76. The number of nitrogens with zero attached hydrogens (tertiary/aromatic N) is 5. The first-order chi connectivity index (χ1) is 17.4. The van der Waals surface area contributed by atoms with Gasteiger partial charge in [-0.2, -0.15) is 9.97 Å². The Balaban J connectivity index is 1.34. The molecule has 3 fully saturated rings. The van der Waals surface area contributed by atoms with Crippen LogP contribution < -0.4 is 4.90 Å². The maximum atomic E-state index is 12.2. The van der Waals surface area contributed by atoms with Gasteiger partial charge in [0.1, 0.15) is 18.1 Å². The van der Waals surface area contributed by atoms with E-state index >= 15 is 0 Å². The van der Waals surface area contributed by atoms with Gasteiger partial charge in [0.2, 0.25) is 12.7 Å². The van der Waals surface area contributed by atoms with Gasteiger partial charge >= 0.3 is 7.60 Å². The quantitative estimate of drug-likeness (QED) is 0.237. The molecule has 206 valence electrons. The summed E-state index contributed by atoms with van der Waals surface area (Å²) >= 11 is 6.28. The van der Waals surface area contributed by atoms with E-state index in [0.29, 0.717) is 22.4 Å². The molecule has 1 saturated carbocycles. The highest BCUT2D eigenvalue weighted by Gasteiger charge is 2.45. The van der Waals surface area contributed by atoms with E-state index in [1.165, 1.54) is 36.6 Å². The van der Waals surface area contributed by atoms with E-state index in [4.69, 9.17) is 26.1 Å². The molecule has 3 unspecified atom stereocenters. The Morgan fingerprint density at radius 3 is 2.38 bits per heavy atom. The smallest absolute Gasteiger partial charge is 0.335 e. The number of aliphatic hydroxyl groups excluding tert-OH is 2. The Morgan fingerprint density at radius 2 is 1.73 bits per heavy atom. The summed E-state index contributed by atoms with van der Waals surface area (Å²) < 4.78 is 30.6. The largest absolute Gasteiger partial charge is 0.388 e. The van der Waals surface area contributed by atoms with Crippen LogP contribution in [-0.2, 0) is 13.9 Å². The van der Waals surface area contributed by atoms with Crippen LogP contribution >= 0.6 is 26.6 Å². The minimum absolute atomic E-state index is 0.00800. The first-order valence-electron chi connectivity index (χ1n) is 12.4. The molecule has 5 atom stereocenters. The minimum atomic E-state index is -4.69. The molecule has 5 N–H and O–H groups in total. The first-order valence-corrected chi connectivity index (χ1v) is 16.6. The van der Waals surface area contributed by atoms with Crippen molar-refractivity contribution in [3.63, 3.8) is 0 Å². The van der Waals surface area contributed by atoms with Crippen LogP contribution in [0.25, 0.3) is 11.2 Å². The zero-order valence-electron chi connectivity index (χ0n) is 20.1. The molecule has 0 bridgehead atoms. The molecule has 16 heteroatoms. The lowest BCUT2D eigenvalue weighted by Gasteiger charge is -2.39. The summed E-state index contributed by atoms with van der Waals surface area (Å²) in [5.74, 6) is -0.554. The van der Waals surface area contributed by atoms with Crippen molar-refractivity contribution in [3.05, 3.63) is 11.6 Å². The first kappa shape index (κ1) is 27.4. The number of hydrogen-bond acceptors (Lipinski definition) is 9. The summed E-state index contributed by atoms with van der Waals surface area (Å²) in [6, 6.07) is 0. The predicted octanol–water partition coefficient (Wildman–Crippen LogP) is 2.06. The van der Waals surface area contributed by atoms with Gasteiger partial charge in [0.15, 0.2) is 23.2 Å². The number of rotatable bonds is 7. The monoisotopic (exact) mass is 579 g/mol. The van der Waals surface area contributed by atoms with Gasteiger partial charge < -0.3 is 34.5 Å². The van der Waals surface area contributed by atoms with E-state index in [1.54, 1.807) is 0 Å². The van der Waals surface area contributed by atoms with Crippen LogP contribution in [0.4, 0.5) is 5.82 Å². The topological polar surface area (TPSA) is 191 Å². The molecule has 0 aromatic carbocycles. The van der Waals surface area contributed by atoms with Gasteiger partial charge in [-0.25, -0.2) is 4.98 Å². The van der Waals surface area contributed by atoms with Crippen molar-refractivity contribution in [1.29, 1.82) is 0 Å². The lowest BCUT2D eigenvalue weighted by Crippen LogP contribution is -2.39. The summed E-state index contributed by atoms with van der Waals surface area (Å²) in [5, 5.41) is 21.3. The fraction of sp³-hybridized carbons (Fsp3) is 0.762. The second kappa shape index (κ2) is 10.1. The van der Waals surface area contributed by atoms with Gasteiger partial charge in [0.05, 0.1) is 12.4 Å². The number of halogens is 1. The van der Waals surface area contributed by atoms with Crippen molar-refractivity contribution in [2.75, 3.05) is 30.1 Å². The number of ether oxygens (including phenoxy) is 1. The number of aromatic nitrogens is 4. The standard InChI is InChI=1S/C21H32ClN5O8P2/c22-20-24-17(26-8-6-21(7-9-26)4-1-2-5-21)14-18(25-20)27(11-23-14)19-16(29)15(28)13(35-19)3-10-36(30,31)12-37(32,33)34/h11,13,15-16,19,28-29H,1-10,12H2,(H,30,31)(H2,32,33,34)/t13-,15?,16?,19-/m1/s1. The molecule has 5 rings (SSSR count). The summed E-state index contributed by atoms with van der Waals surface area (Å²) in [6.45, 7) is 1.66. The fourth-order valence-corrected chi connectivity index (χ4v) is 9.67. The molecule has 0 radical (unpaired) electrons. The van der Waals surface area contributed by atoms with Gasteiger partial charge in [-0.05, 0) is 49.1 Å². The highest BCUT2D eigenvalue weighted by Crippen LogP contribution is 2.55. The molecule has 2 aromatic rings. The van der Waals surface area contributed by atoms with Crippen LogP contribution in [0.2, 0.25) is 5.28 Å². The van der Waals surface area contributed by atoms with Crippen molar-refractivity contribution in [2.45, 2.75) is 69.5 Å². The summed E-state index contributed by atoms with van der Waals surface area (Å²) in [4.78, 5) is 43.3. The number of imidazole rings is 1. The number of fused-ring (bicyclic) bond motifs is 1. The van der Waals surface area contributed by atoms with Crippen LogP contribution in [0.1, 0.15) is 51.2 Å². The second-order valence-corrected chi connectivity index (χ2v) is 15.5. The maximum absolute atomic E-state index is 12.2. The third-order valence-electron chi connectivity index (χ3n) is 7.94. The van der Waals surface area contributed by atoms with E-state index in [1.807, 2.05) is 0 Å². The van der Waals surface area contributed by atoms with Gasteiger partial charge in [-0.15, -0.1) is 0 Å². The van der Waals surface area contributed by atoms with E-state index in [-0.39, 0.29) is 11.7 Å². The van der Waals surface area contributed by atoms with Crippen LogP contribution in [0.3, 0.4) is 0 Å². The summed E-state index contributed by atoms with van der Waals surface area (Å²) in [5.41, 5.74) is 1.23. The van der Waals surface area contributed by atoms with Crippen molar-refractivity contribution >= 4 is 43.5 Å². The van der Waals surface area contributed by atoms with Crippen LogP contribution in [0.5, 0.6) is 0 Å². The van der Waals surface area contributed by atoms with Gasteiger partial charge in [0, 0.05) is 19.3 Å². The molecule has 2 aliphatic heterocycles. The molecule has 2 aromatic heterocycles. The van der Waals surface area contributed by atoms with Crippen LogP contribution in [0.15, 0.2) is 6.33 Å². The molecular formula is C21H32ClN5O8P2. The molecule has 3 aliphatic rings. The molecule has 2 saturated heterocycles. The molecular weight excluding hydrogens is 548 g/mol. The minimum Gasteiger partial charge on any atom is -0.388 e. The third-order valence-corrected chi connectivity index (χ3v) is 12.3. The lowest BCUT2D eigenvalue weighted by molar-refractivity contribution is -0.0354. The predicted molar refractivity (Wildman–Crippen MR) is 135 cm³/mol. The van der Waals surface area contributed by atoms with Crippen molar-refractivity contribution in [1.82, 2.24) is 19.5 Å². The van der Waals surface area contributed by atoms with Crippen molar-refractivity contribution in [3.8, 4) is 0 Å². The number of anilines is 1. The summed E-state index contributed by atoms with van der Waals surface area (Å²) in [6.07, 6.45) is 3.03. The van der Waals surface area contributed by atoms with E-state index in [9.17, 15) is 24.2 Å². The number of hydrogen-bond donors (Lipinski definition) is 5. The molecule has 1 spiro atoms. The lowest BCUT2D eigenvalue weighted by atomic mass is 9.77. The SMILES string of the molecule is O=P(O)(O)CP(=O)(O)CC[C@H]1O[C@@H](n2cnc3c(N4CCC5(CCCC5)CC4)nc(Cl)nc32)C(O)C1O. The Bertz CT molecular complexity index is 1240. The Labute approximate surface area is 218 Å². The normalized spacial score (nSPS) is 29.8. The second-order valence-electron chi connectivity index (χ2n) is 10.5. The molecule has 37 heavy (non-hydrogen) atoms. The highest BCUT2D eigenvalue weighted by atomic mass is 35.5. The average Bonchev–Trinajstić information content (AvgIpc) is 3.50. The number of aliphatic hydroxyl groups is 2. The Kier molecular flexibility index (Phi) is 7.50. The van der Waals surface area contributed by atoms with Gasteiger partial charge in [-0.3, -0.25) is 13.7 Å². The highest BCUT2D eigenvalue weighted by molar-refractivity contribution is 7.72. The van der Waals surface area contributed by atoms with E-state index < -0.39 is 51.6 Å². The van der Waals surface area contributed by atoms with Crippen LogP contribution in [0, 0.1) is 5.41 Å². The van der Waals surface area contributed by atoms with Gasteiger partial charge in [-0.1, -0.05) is 12.8 Å². The maximum Gasteiger partial charge on any atom is 0.335 e. The fourth-order valence-electron chi connectivity index (χ4n) is 5.99. The average molecular weight is 580 g/mol. The summed E-state index contributed by atoms with van der Waals surface area (Å²) in [7, 11) is -8.86. The number of piperidine rings is 1. The van der Waals surface area contributed by atoms with Crippen LogP contribution in [-0.4, -0.2) is 87.9 Å². The van der Waals surface area contributed by atoms with E-state index in [0.717, 1.165) is 25.9 Å². The van der Waals surface area contributed by atoms with Crippen molar-refractivity contribution in [2.24, 2.45) is 5.41 Å². The zero-order chi connectivity index (χ0) is 26.6. The Hall–Kier alpha value is -1.14. The van der Waals surface area contributed by atoms with Gasteiger partial charge in [0.25, 0.3) is 0 Å². The molecule has 1 aliphatic carbocycles. The molecule has 4 heterocycles. The van der Waals surface area contributed by atoms with Crippen molar-refractivity contribution < 1.29 is 38.8 Å². The Morgan fingerprint density at radius 1 is 1.05 bits per heavy atom. The van der Waals surface area contributed by atoms with E-state index in [2.05, 4.69) is 19.9 Å². The molecule has 13 nitrogen and oxygen atoms in total.